The fourth-order valence-electron chi connectivity index (χ4n) is 3.62. The van der Waals surface area contributed by atoms with Crippen molar-refractivity contribution in [1.82, 2.24) is 5.32 Å². The Morgan fingerprint density at radius 2 is 1.74 bits per heavy atom. The van der Waals surface area contributed by atoms with Crippen molar-refractivity contribution in [2.45, 2.75) is 46.6 Å². The Kier molecular flexibility index (Phi) is 10.5. The lowest BCUT2D eigenvalue weighted by Gasteiger charge is -2.14. The van der Waals surface area contributed by atoms with E-state index in [1.165, 1.54) is 22.4 Å². The zero-order valence-corrected chi connectivity index (χ0v) is 21.5. The maximum absolute atomic E-state index is 10.0. The van der Waals surface area contributed by atoms with Gasteiger partial charge in [0.05, 0.1) is 0 Å². The van der Waals surface area contributed by atoms with Gasteiger partial charge in [-0.15, -0.1) is 0 Å². The quantitative estimate of drug-likeness (QED) is 0.323. The third kappa shape index (κ3) is 8.82. The highest BCUT2D eigenvalue weighted by Crippen LogP contribution is 2.22. The molecule has 0 amide bonds. The van der Waals surface area contributed by atoms with Gasteiger partial charge >= 0.3 is 0 Å². The monoisotopic (exact) mass is 458 g/mol. The Bertz CT molecular complexity index is 1080. The smallest absolute Gasteiger partial charge is 0.115 e. The number of allylic oxidation sites excluding steroid dienone is 7. The Morgan fingerprint density at radius 1 is 1.03 bits per heavy atom. The van der Waals surface area contributed by atoms with Crippen molar-refractivity contribution < 1.29 is 6.53 Å². The highest BCUT2D eigenvalue weighted by molar-refractivity contribution is 5.46. The molecule has 0 bridgehead atoms. The van der Waals surface area contributed by atoms with Gasteiger partial charge in [0.15, 0.2) is 0 Å². The maximum atomic E-state index is 10.0. The molecular formula is C31H42N2O. The molecule has 34 heavy (non-hydrogen) atoms. The molecule has 3 nitrogen and oxygen atoms in total. The fraction of sp³-hybridized carbons (Fsp3) is 0.290. The molecular weight excluding hydrogens is 416 g/mol. The lowest BCUT2D eigenvalue weighted by atomic mass is 9.95. The molecule has 0 heterocycles. The van der Waals surface area contributed by atoms with E-state index in [0.29, 0.717) is 5.75 Å². The molecule has 0 spiro atoms. The third-order valence-electron chi connectivity index (χ3n) is 5.83. The first-order chi connectivity index (χ1) is 16.2. The van der Waals surface area contributed by atoms with E-state index in [2.05, 4.69) is 79.7 Å². The number of phenolic OH excluding ortho intramolecular Hbond substituents is 1. The molecule has 182 valence electrons. The summed E-state index contributed by atoms with van der Waals surface area (Å²) >= 11 is 0. The van der Waals surface area contributed by atoms with Gasteiger partial charge in [-0.05, 0) is 86.6 Å². The fourth-order valence-corrected chi connectivity index (χ4v) is 3.62. The van der Waals surface area contributed by atoms with Crippen molar-refractivity contribution in [3.05, 3.63) is 119 Å². The van der Waals surface area contributed by atoms with Crippen LogP contribution in [0.15, 0.2) is 102 Å². The molecule has 3 heteroatoms. The summed E-state index contributed by atoms with van der Waals surface area (Å²) in [6.07, 6.45) is 10.9. The van der Waals surface area contributed by atoms with Crippen LogP contribution in [0.2, 0.25) is 0 Å². The number of rotatable bonds is 12. The van der Waals surface area contributed by atoms with E-state index in [1.54, 1.807) is 6.07 Å². The number of nitrogens with one attached hydrogen (secondary N) is 1. The van der Waals surface area contributed by atoms with E-state index in [9.17, 15) is 5.11 Å². The van der Waals surface area contributed by atoms with Crippen molar-refractivity contribution >= 4 is 5.69 Å². The largest absolute Gasteiger partial charge is 0.508 e. The van der Waals surface area contributed by atoms with Crippen molar-refractivity contribution in [3.8, 4) is 5.75 Å². The van der Waals surface area contributed by atoms with E-state index in [1.807, 2.05) is 39.2 Å². The highest BCUT2D eigenvalue weighted by Gasteiger charge is 2.06. The van der Waals surface area contributed by atoms with Crippen molar-refractivity contribution in [2.24, 2.45) is 0 Å². The Hall–Kier alpha value is -3.46. The minimum Gasteiger partial charge on any atom is -0.508 e. The van der Waals surface area contributed by atoms with Crippen LogP contribution in [0.4, 0.5) is 5.69 Å². The summed E-state index contributed by atoms with van der Waals surface area (Å²) in [6.45, 7) is 15.2. The number of benzene rings is 2. The van der Waals surface area contributed by atoms with Crippen molar-refractivity contribution in [1.29, 1.82) is 0 Å². The molecule has 0 aliphatic rings. The molecule has 2 rings (SSSR count). The van der Waals surface area contributed by atoms with E-state index < -0.39 is 0 Å². The van der Waals surface area contributed by atoms with Gasteiger partial charge in [-0.2, -0.15) is 0 Å². The van der Waals surface area contributed by atoms with Crippen LogP contribution >= 0.6 is 0 Å². The second-order valence-corrected chi connectivity index (χ2v) is 9.04. The predicted molar refractivity (Wildman–Crippen MR) is 150 cm³/mol. The topological polar surface area (TPSA) is 35.5 Å². The highest BCUT2D eigenvalue weighted by atomic mass is 16.3. The lowest BCUT2D eigenvalue weighted by Crippen LogP contribution is -2.13. The van der Waals surface area contributed by atoms with Gasteiger partial charge in [0.2, 0.25) is 0 Å². The summed E-state index contributed by atoms with van der Waals surface area (Å²) in [4.78, 5) is 2.10. The minimum absolute atomic E-state index is 0. The predicted octanol–water partition coefficient (Wildman–Crippen LogP) is 7.51. The van der Waals surface area contributed by atoms with Crippen LogP contribution in [0.25, 0.3) is 0 Å². The first-order valence-corrected chi connectivity index (χ1v) is 11.8. The molecule has 0 unspecified atom stereocenters. The number of hydrogen-bond acceptors (Lipinski definition) is 3. The number of phenols is 1. The zero-order chi connectivity index (χ0) is 25.1. The molecule has 0 saturated heterocycles. The average molecular weight is 459 g/mol. The van der Waals surface area contributed by atoms with Gasteiger partial charge in [-0.3, -0.25) is 0 Å². The van der Waals surface area contributed by atoms with Gasteiger partial charge in [0.1, 0.15) is 5.75 Å². The molecule has 0 aliphatic carbocycles. The van der Waals surface area contributed by atoms with Crippen molar-refractivity contribution in [2.75, 3.05) is 19.0 Å². The molecule has 0 saturated carbocycles. The molecule has 0 atom stereocenters. The molecule has 0 radical (unpaired) electrons. The van der Waals surface area contributed by atoms with E-state index in [4.69, 9.17) is 0 Å². The Balaban J connectivity index is 0.00000612. The Morgan fingerprint density at radius 3 is 2.38 bits per heavy atom. The first kappa shape index (κ1) is 26.8. The van der Waals surface area contributed by atoms with Crippen molar-refractivity contribution in [3.63, 3.8) is 0 Å². The second kappa shape index (κ2) is 13.3. The molecule has 2 aromatic rings. The number of hydrogen-bond donors (Lipinski definition) is 2. The number of aryl methyl sites for hydroxylation is 1. The number of anilines is 1. The standard InChI is InChI=1S/C31H40N2O.H2/c1-8-9-23(2)11-15-28-16-19-31(34)21-29(28)20-24(3)10-12-25(4)26(5)32-22-27-13-17-30(18-14-27)33(6)7;/h8-10,12-14,16-19,21,32,34H,2,5,11,15,20,22H2,1,3-4,6-7H3;1H/b9-8-,24-10+,25-12+;. The third-order valence-corrected chi connectivity index (χ3v) is 5.83. The van der Waals surface area contributed by atoms with Crippen LogP contribution in [0, 0.1) is 0 Å². The van der Waals surface area contributed by atoms with Crippen LogP contribution in [0.3, 0.4) is 0 Å². The number of nitrogens with zero attached hydrogens (tertiary/aromatic N) is 1. The van der Waals surface area contributed by atoms with Gasteiger partial charge < -0.3 is 15.3 Å². The minimum atomic E-state index is 0. The normalized spacial score (nSPS) is 12.1. The number of aromatic hydroxyl groups is 1. The van der Waals surface area contributed by atoms with Crippen LogP contribution in [-0.2, 0) is 19.4 Å². The van der Waals surface area contributed by atoms with Crippen LogP contribution < -0.4 is 10.2 Å². The van der Waals surface area contributed by atoms with E-state index in [0.717, 1.165) is 48.2 Å². The van der Waals surface area contributed by atoms with Gasteiger partial charge in [0.25, 0.3) is 0 Å². The maximum Gasteiger partial charge on any atom is 0.115 e. The summed E-state index contributed by atoms with van der Waals surface area (Å²) in [5.41, 5.74) is 9.19. The molecule has 0 aromatic heterocycles. The molecule has 2 N–H and O–H groups in total. The molecule has 0 aliphatic heterocycles. The van der Waals surface area contributed by atoms with Gasteiger partial charge in [0, 0.05) is 33.5 Å². The van der Waals surface area contributed by atoms with Crippen LogP contribution in [-0.4, -0.2) is 19.2 Å². The lowest BCUT2D eigenvalue weighted by molar-refractivity contribution is 0.474. The van der Waals surface area contributed by atoms with E-state index >= 15 is 0 Å². The molecule has 2 aromatic carbocycles. The van der Waals surface area contributed by atoms with Crippen LogP contribution in [0.1, 0.15) is 45.3 Å². The summed E-state index contributed by atoms with van der Waals surface area (Å²) in [5.74, 6) is 0.307. The first-order valence-electron chi connectivity index (χ1n) is 11.8. The van der Waals surface area contributed by atoms with E-state index in [-0.39, 0.29) is 1.43 Å². The summed E-state index contributed by atoms with van der Waals surface area (Å²) in [7, 11) is 4.09. The SMILES string of the molecule is C=C(/C=C\C)CCc1ccc(O)cc1C/C(C)=C/C=C(\C)C(=C)NCc1ccc(N(C)C)cc1.[HH]. The second-order valence-electron chi connectivity index (χ2n) is 9.04. The summed E-state index contributed by atoms with van der Waals surface area (Å²) in [6, 6.07) is 14.2. The Labute approximate surface area is 208 Å². The summed E-state index contributed by atoms with van der Waals surface area (Å²) < 4.78 is 0. The van der Waals surface area contributed by atoms with Gasteiger partial charge in [-0.1, -0.05) is 66.8 Å². The summed E-state index contributed by atoms with van der Waals surface area (Å²) in [5, 5.41) is 13.4. The molecule has 0 fully saturated rings. The average Bonchev–Trinajstić information content (AvgIpc) is 2.80. The zero-order valence-electron chi connectivity index (χ0n) is 21.5. The van der Waals surface area contributed by atoms with Gasteiger partial charge in [-0.25, -0.2) is 0 Å². The van der Waals surface area contributed by atoms with Crippen LogP contribution in [0.5, 0.6) is 5.75 Å².